The van der Waals surface area contributed by atoms with Crippen LogP contribution in [-0.4, -0.2) is 34.1 Å². The molecule has 1 saturated heterocycles. The standard InChI is InChI=1S/C18H22N4O/c1-13-7-6-8-15(14(13)2)19-17-10-9-16(20-21-17)18(23)22-11-4-3-5-12-22/h6-10H,3-5,11-12H2,1-2H3,(H,19,21). The first-order valence-corrected chi connectivity index (χ1v) is 8.11. The van der Waals surface area contributed by atoms with Crippen molar-refractivity contribution < 1.29 is 4.79 Å². The lowest BCUT2D eigenvalue weighted by molar-refractivity contribution is 0.0717. The highest BCUT2D eigenvalue weighted by Crippen LogP contribution is 2.21. The summed E-state index contributed by atoms with van der Waals surface area (Å²) in [6.45, 7) is 5.79. The Bertz CT molecular complexity index is 691. The quantitative estimate of drug-likeness (QED) is 0.943. The summed E-state index contributed by atoms with van der Waals surface area (Å²) in [4.78, 5) is 14.2. The van der Waals surface area contributed by atoms with Gasteiger partial charge in [-0.25, -0.2) is 0 Å². The van der Waals surface area contributed by atoms with Gasteiger partial charge >= 0.3 is 0 Å². The SMILES string of the molecule is Cc1cccc(Nc2ccc(C(=O)N3CCCCC3)nn2)c1C. The third kappa shape index (κ3) is 3.50. The zero-order chi connectivity index (χ0) is 16.2. The topological polar surface area (TPSA) is 58.1 Å². The summed E-state index contributed by atoms with van der Waals surface area (Å²) in [5.41, 5.74) is 3.83. The second kappa shape index (κ2) is 6.77. The Morgan fingerprint density at radius 1 is 1.04 bits per heavy atom. The smallest absolute Gasteiger partial charge is 0.274 e. The maximum atomic E-state index is 12.4. The molecule has 0 spiro atoms. The number of benzene rings is 1. The van der Waals surface area contributed by atoms with E-state index in [0.717, 1.165) is 31.6 Å². The van der Waals surface area contributed by atoms with Gasteiger partial charge in [-0.2, -0.15) is 0 Å². The molecule has 0 bridgehead atoms. The van der Waals surface area contributed by atoms with E-state index < -0.39 is 0 Å². The molecule has 0 aliphatic carbocycles. The van der Waals surface area contributed by atoms with Crippen LogP contribution < -0.4 is 5.32 Å². The van der Waals surface area contributed by atoms with E-state index in [4.69, 9.17) is 0 Å². The van der Waals surface area contributed by atoms with Crippen molar-refractivity contribution in [2.45, 2.75) is 33.1 Å². The molecule has 0 radical (unpaired) electrons. The molecular weight excluding hydrogens is 288 g/mol. The van der Waals surface area contributed by atoms with Crippen molar-refractivity contribution in [1.82, 2.24) is 15.1 Å². The third-order valence-corrected chi connectivity index (χ3v) is 4.39. The molecule has 5 heteroatoms. The molecule has 1 amide bonds. The monoisotopic (exact) mass is 310 g/mol. The first-order chi connectivity index (χ1) is 11.1. The van der Waals surface area contributed by atoms with E-state index in [0.29, 0.717) is 11.5 Å². The summed E-state index contributed by atoms with van der Waals surface area (Å²) in [6, 6.07) is 9.65. The molecule has 3 rings (SSSR count). The van der Waals surface area contributed by atoms with Gasteiger partial charge in [0.05, 0.1) is 0 Å². The van der Waals surface area contributed by atoms with Gasteiger partial charge in [0.15, 0.2) is 11.5 Å². The van der Waals surface area contributed by atoms with E-state index in [1.165, 1.54) is 17.5 Å². The number of hydrogen-bond donors (Lipinski definition) is 1. The van der Waals surface area contributed by atoms with Crippen LogP contribution in [0.25, 0.3) is 0 Å². The Morgan fingerprint density at radius 2 is 1.83 bits per heavy atom. The minimum absolute atomic E-state index is 0.0181. The van der Waals surface area contributed by atoms with Gasteiger partial charge in [0.2, 0.25) is 0 Å². The van der Waals surface area contributed by atoms with Gasteiger partial charge in [0.25, 0.3) is 5.91 Å². The maximum absolute atomic E-state index is 12.4. The highest BCUT2D eigenvalue weighted by molar-refractivity contribution is 5.92. The summed E-state index contributed by atoms with van der Waals surface area (Å²) in [7, 11) is 0. The van der Waals surface area contributed by atoms with E-state index in [1.54, 1.807) is 6.07 Å². The first kappa shape index (κ1) is 15.5. The summed E-state index contributed by atoms with van der Waals surface area (Å²) < 4.78 is 0. The average Bonchev–Trinajstić information content (AvgIpc) is 2.60. The van der Waals surface area contributed by atoms with Crippen molar-refractivity contribution in [3.63, 3.8) is 0 Å². The molecular formula is C18H22N4O. The normalized spacial score (nSPS) is 14.6. The van der Waals surface area contributed by atoms with Gasteiger partial charge in [-0.3, -0.25) is 4.79 Å². The van der Waals surface area contributed by atoms with Crippen molar-refractivity contribution >= 4 is 17.4 Å². The lowest BCUT2D eigenvalue weighted by atomic mass is 10.1. The van der Waals surface area contributed by atoms with Gasteiger partial charge in [-0.1, -0.05) is 12.1 Å². The van der Waals surface area contributed by atoms with Crippen LogP contribution in [0.4, 0.5) is 11.5 Å². The van der Waals surface area contributed by atoms with Gasteiger partial charge in [0, 0.05) is 18.8 Å². The maximum Gasteiger partial charge on any atom is 0.274 e. The Kier molecular flexibility index (Phi) is 4.55. The lowest BCUT2D eigenvalue weighted by Crippen LogP contribution is -2.36. The number of anilines is 2. The largest absolute Gasteiger partial charge is 0.339 e. The zero-order valence-corrected chi connectivity index (χ0v) is 13.7. The van der Waals surface area contributed by atoms with Gasteiger partial charge < -0.3 is 10.2 Å². The fourth-order valence-electron chi connectivity index (χ4n) is 2.80. The van der Waals surface area contributed by atoms with E-state index in [1.807, 2.05) is 23.1 Å². The van der Waals surface area contributed by atoms with Crippen molar-refractivity contribution in [1.29, 1.82) is 0 Å². The molecule has 0 unspecified atom stereocenters. The average molecular weight is 310 g/mol. The number of carbonyl (C=O) groups excluding carboxylic acids is 1. The van der Waals surface area contributed by atoms with Crippen LogP contribution >= 0.6 is 0 Å². The molecule has 5 nitrogen and oxygen atoms in total. The molecule has 2 heterocycles. The van der Waals surface area contributed by atoms with Crippen LogP contribution in [-0.2, 0) is 0 Å². The van der Waals surface area contributed by atoms with Crippen LogP contribution in [0.15, 0.2) is 30.3 Å². The van der Waals surface area contributed by atoms with Crippen LogP contribution in [0.2, 0.25) is 0 Å². The Labute approximate surface area is 136 Å². The second-order valence-corrected chi connectivity index (χ2v) is 6.03. The molecule has 1 N–H and O–H groups in total. The van der Waals surface area contributed by atoms with Crippen LogP contribution in [0, 0.1) is 13.8 Å². The predicted octanol–water partition coefficient (Wildman–Crippen LogP) is 3.46. The molecule has 120 valence electrons. The third-order valence-electron chi connectivity index (χ3n) is 4.39. The molecule has 1 aromatic carbocycles. The number of piperidine rings is 1. The second-order valence-electron chi connectivity index (χ2n) is 6.03. The molecule has 23 heavy (non-hydrogen) atoms. The predicted molar refractivity (Wildman–Crippen MR) is 91.0 cm³/mol. The summed E-state index contributed by atoms with van der Waals surface area (Å²) >= 11 is 0. The first-order valence-electron chi connectivity index (χ1n) is 8.11. The number of aromatic nitrogens is 2. The number of carbonyl (C=O) groups is 1. The van der Waals surface area contributed by atoms with E-state index >= 15 is 0 Å². The number of nitrogens with one attached hydrogen (secondary N) is 1. The van der Waals surface area contributed by atoms with Crippen molar-refractivity contribution in [2.75, 3.05) is 18.4 Å². The highest BCUT2D eigenvalue weighted by atomic mass is 16.2. The highest BCUT2D eigenvalue weighted by Gasteiger charge is 2.19. The van der Waals surface area contributed by atoms with E-state index in [2.05, 4.69) is 35.4 Å². The number of hydrogen-bond acceptors (Lipinski definition) is 4. The van der Waals surface area contributed by atoms with Gasteiger partial charge in [-0.15, -0.1) is 10.2 Å². The Balaban J connectivity index is 1.71. The molecule has 1 aromatic heterocycles. The molecule has 1 fully saturated rings. The lowest BCUT2D eigenvalue weighted by Gasteiger charge is -2.26. The van der Waals surface area contributed by atoms with E-state index in [-0.39, 0.29) is 5.91 Å². The number of nitrogens with zero attached hydrogens (tertiary/aromatic N) is 3. The van der Waals surface area contributed by atoms with Crippen molar-refractivity contribution in [2.24, 2.45) is 0 Å². The fraction of sp³-hybridized carbons (Fsp3) is 0.389. The molecule has 1 aliphatic heterocycles. The van der Waals surface area contributed by atoms with Crippen molar-refractivity contribution in [3.05, 3.63) is 47.2 Å². The zero-order valence-electron chi connectivity index (χ0n) is 13.7. The minimum Gasteiger partial charge on any atom is -0.339 e. The number of rotatable bonds is 3. The molecule has 1 aliphatic rings. The van der Waals surface area contributed by atoms with E-state index in [9.17, 15) is 4.79 Å². The van der Waals surface area contributed by atoms with Crippen LogP contribution in [0.1, 0.15) is 40.9 Å². The summed E-state index contributed by atoms with van der Waals surface area (Å²) in [5, 5.41) is 11.5. The molecule has 0 saturated carbocycles. The van der Waals surface area contributed by atoms with Crippen LogP contribution in [0.5, 0.6) is 0 Å². The summed E-state index contributed by atoms with van der Waals surface area (Å²) in [5.74, 6) is 0.629. The Morgan fingerprint density at radius 3 is 2.52 bits per heavy atom. The molecule has 2 aromatic rings. The number of likely N-dealkylation sites (tertiary alicyclic amines) is 1. The van der Waals surface area contributed by atoms with Crippen molar-refractivity contribution in [3.8, 4) is 0 Å². The molecule has 0 atom stereocenters. The van der Waals surface area contributed by atoms with Gasteiger partial charge in [0.1, 0.15) is 0 Å². The van der Waals surface area contributed by atoms with Crippen LogP contribution in [0.3, 0.4) is 0 Å². The number of aryl methyl sites for hydroxylation is 1. The number of amides is 1. The summed E-state index contributed by atoms with van der Waals surface area (Å²) in [6.07, 6.45) is 3.35. The Hall–Kier alpha value is -2.43. The fourth-order valence-corrected chi connectivity index (χ4v) is 2.80. The van der Waals surface area contributed by atoms with Gasteiger partial charge in [-0.05, 0) is 62.4 Å². The minimum atomic E-state index is -0.0181.